The summed E-state index contributed by atoms with van der Waals surface area (Å²) in [7, 11) is 0. The number of halogens is 2. The number of aryl methyl sites for hydroxylation is 2. The van der Waals surface area contributed by atoms with Crippen molar-refractivity contribution in [2.75, 3.05) is 6.54 Å². The van der Waals surface area contributed by atoms with Crippen LogP contribution >= 0.6 is 11.3 Å². The van der Waals surface area contributed by atoms with E-state index in [4.69, 9.17) is 0 Å². The van der Waals surface area contributed by atoms with Crippen LogP contribution in [0, 0.1) is 11.6 Å². The monoisotopic (exact) mass is 492 g/mol. The van der Waals surface area contributed by atoms with Crippen molar-refractivity contribution in [3.63, 3.8) is 0 Å². The lowest BCUT2D eigenvalue weighted by Gasteiger charge is -2.20. The van der Waals surface area contributed by atoms with Gasteiger partial charge in [-0.15, -0.1) is 11.3 Å². The molecule has 0 saturated heterocycles. The molecule has 0 bridgehead atoms. The summed E-state index contributed by atoms with van der Waals surface area (Å²) in [5.41, 5.74) is 2.14. The Bertz CT molecular complexity index is 1360. The van der Waals surface area contributed by atoms with E-state index in [-0.39, 0.29) is 23.8 Å². The van der Waals surface area contributed by atoms with E-state index in [1.807, 2.05) is 4.57 Å². The maximum Gasteiger partial charge on any atom is 0.271 e. The predicted molar refractivity (Wildman–Crippen MR) is 129 cm³/mol. The molecule has 9 heteroatoms. The second-order valence-electron chi connectivity index (χ2n) is 8.30. The van der Waals surface area contributed by atoms with Gasteiger partial charge < -0.3 is 15.2 Å². The molecule has 3 heterocycles. The largest absolute Gasteiger partial charge is 0.348 e. The molecule has 1 aliphatic heterocycles. The Morgan fingerprint density at radius 1 is 1.06 bits per heavy atom. The van der Waals surface area contributed by atoms with E-state index >= 15 is 0 Å². The van der Waals surface area contributed by atoms with Crippen LogP contribution in [0.2, 0.25) is 0 Å². The fourth-order valence-corrected chi connectivity index (χ4v) is 4.94. The number of nitrogens with one attached hydrogen (secondary N) is 2. The van der Waals surface area contributed by atoms with Gasteiger partial charge in [0.05, 0.1) is 10.9 Å². The molecule has 0 fully saturated rings. The molecule has 35 heavy (non-hydrogen) atoms. The lowest BCUT2D eigenvalue weighted by molar-refractivity contribution is 0.0908. The van der Waals surface area contributed by atoms with Gasteiger partial charge in [0, 0.05) is 31.3 Å². The van der Waals surface area contributed by atoms with E-state index < -0.39 is 17.8 Å². The van der Waals surface area contributed by atoms with Crippen LogP contribution in [0.3, 0.4) is 0 Å². The Hall–Kier alpha value is -3.85. The molecule has 2 N–H and O–H groups in total. The summed E-state index contributed by atoms with van der Waals surface area (Å²) >= 11 is 1.23. The topological polar surface area (TPSA) is 76.0 Å². The van der Waals surface area contributed by atoms with Gasteiger partial charge in [0.2, 0.25) is 0 Å². The predicted octanol–water partition coefficient (Wildman–Crippen LogP) is 4.74. The van der Waals surface area contributed by atoms with E-state index in [1.54, 1.807) is 48.0 Å². The second-order valence-corrected chi connectivity index (χ2v) is 9.21. The summed E-state index contributed by atoms with van der Waals surface area (Å²) in [6, 6.07) is 13.1. The first-order valence-electron chi connectivity index (χ1n) is 11.2. The zero-order valence-electron chi connectivity index (χ0n) is 18.6. The standard InChI is InChI=1S/C26H22F2N4O2S/c27-18-9-7-16(8-10-18)17-12-23(35-15-17)26(34)31-21(19-4-1-2-5-20(19)28)13-29-25(33)22-14-32-11-3-6-24(32)30-22/h1-2,4-5,7-10,12,14-15,21H,3,6,11,13H2,(H,29,33)(H,31,34). The Labute approximate surface area is 204 Å². The molecule has 0 aliphatic carbocycles. The van der Waals surface area contributed by atoms with Crippen molar-refractivity contribution in [1.29, 1.82) is 0 Å². The molecule has 0 spiro atoms. The minimum Gasteiger partial charge on any atom is -0.348 e. The van der Waals surface area contributed by atoms with E-state index in [0.29, 0.717) is 10.6 Å². The molecule has 1 aliphatic rings. The average molecular weight is 493 g/mol. The number of hydrogen-bond donors (Lipinski definition) is 2. The fourth-order valence-electron chi connectivity index (χ4n) is 4.12. The molecule has 4 aromatic rings. The highest BCUT2D eigenvalue weighted by Gasteiger charge is 2.23. The number of hydrogen-bond acceptors (Lipinski definition) is 4. The lowest BCUT2D eigenvalue weighted by atomic mass is 10.1. The number of amides is 2. The summed E-state index contributed by atoms with van der Waals surface area (Å²) in [6.07, 6.45) is 3.57. The van der Waals surface area contributed by atoms with Gasteiger partial charge in [-0.25, -0.2) is 13.8 Å². The number of rotatable bonds is 7. The first-order valence-corrected chi connectivity index (χ1v) is 12.1. The van der Waals surface area contributed by atoms with Crippen LogP contribution in [0.15, 0.2) is 66.2 Å². The number of fused-ring (bicyclic) bond motifs is 1. The van der Waals surface area contributed by atoms with Gasteiger partial charge in [-0.2, -0.15) is 0 Å². The molecule has 0 radical (unpaired) electrons. The van der Waals surface area contributed by atoms with Crippen molar-refractivity contribution in [3.8, 4) is 11.1 Å². The Morgan fingerprint density at radius 3 is 2.63 bits per heavy atom. The maximum atomic E-state index is 14.6. The zero-order chi connectivity index (χ0) is 24.4. The Kier molecular flexibility index (Phi) is 6.41. The number of imidazole rings is 1. The highest BCUT2D eigenvalue weighted by Crippen LogP contribution is 2.27. The summed E-state index contributed by atoms with van der Waals surface area (Å²) in [6.45, 7) is 0.828. The lowest BCUT2D eigenvalue weighted by Crippen LogP contribution is -2.38. The average Bonchev–Trinajstić information content (AvgIpc) is 3.59. The summed E-state index contributed by atoms with van der Waals surface area (Å²) < 4.78 is 29.8. The van der Waals surface area contributed by atoms with E-state index in [1.165, 1.54) is 29.5 Å². The van der Waals surface area contributed by atoms with Crippen LogP contribution in [0.4, 0.5) is 8.78 Å². The highest BCUT2D eigenvalue weighted by molar-refractivity contribution is 7.12. The van der Waals surface area contributed by atoms with Crippen LogP contribution < -0.4 is 10.6 Å². The number of aromatic nitrogens is 2. The summed E-state index contributed by atoms with van der Waals surface area (Å²) in [5.74, 6) is -0.712. The first kappa shape index (κ1) is 22.9. The van der Waals surface area contributed by atoms with E-state index in [2.05, 4.69) is 15.6 Å². The van der Waals surface area contributed by atoms with Crippen molar-refractivity contribution in [2.24, 2.45) is 0 Å². The highest BCUT2D eigenvalue weighted by atomic mass is 32.1. The third-order valence-electron chi connectivity index (χ3n) is 5.94. The van der Waals surface area contributed by atoms with Gasteiger partial charge in [-0.05, 0) is 47.2 Å². The van der Waals surface area contributed by atoms with Gasteiger partial charge in [0.1, 0.15) is 23.2 Å². The van der Waals surface area contributed by atoms with Crippen molar-refractivity contribution in [1.82, 2.24) is 20.2 Å². The molecule has 178 valence electrons. The minimum atomic E-state index is -0.793. The zero-order valence-corrected chi connectivity index (χ0v) is 19.4. The summed E-state index contributed by atoms with van der Waals surface area (Å²) in [4.78, 5) is 30.5. The van der Waals surface area contributed by atoms with Crippen LogP contribution in [0.1, 0.15) is 44.0 Å². The number of carbonyl (C=O) groups excluding carboxylic acids is 2. The molecule has 2 amide bonds. The van der Waals surface area contributed by atoms with Crippen LogP contribution in [-0.2, 0) is 13.0 Å². The fraction of sp³-hybridized carbons (Fsp3) is 0.192. The molecule has 0 saturated carbocycles. The van der Waals surface area contributed by atoms with E-state index in [9.17, 15) is 18.4 Å². The van der Waals surface area contributed by atoms with Gasteiger partial charge in [0.15, 0.2) is 0 Å². The van der Waals surface area contributed by atoms with E-state index in [0.717, 1.165) is 36.3 Å². The number of benzene rings is 2. The molecule has 1 atom stereocenters. The molecule has 2 aromatic carbocycles. The van der Waals surface area contributed by atoms with Gasteiger partial charge in [0.25, 0.3) is 11.8 Å². The minimum absolute atomic E-state index is 0.0100. The molecular formula is C26H22F2N4O2S. The van der Waals surface area contributed by atoms with Gasteiger partial charge >= 0.3 is 0 Å². The first-order chi connectivity index (χ1) is 17.0. The van der Waals surface area contributed by atoms with Crippen molar-refractivity contribution < 1.29 is 18.4 Å². The Morgan fingerprint density at radius 2 is 1.86 bits per heavy atom. The van der Waals surface area contributed by atoms with Gasteiger partial charge in [-0.1, -0.05) is 30.3 Å². The maximum absolute atomic E-state index is 14.6. The third kappa shape index (κ3) is 5.00. The van der Waals surface area contributed by atoms with Crippen molar-refractivity contribution in [2.45, 2.75) is 25.4 Å². The van der Waals surface area contributed by atoms with Gasteiger partial charge in [-0.3, -0.25) is 9.59 Å². The van der Waals surface area contributed by atoms with Crippen molar-refractivity contribution in [3.05, 3.63) is 99.8 Å². The quantitative estimate of drug-likeness (QED) is 0.391. The molecule has 1 unspecified atom stereocenters. The molecule has 6 nitrogen and oxygen atoms in total. The molecule has 2 aromatic heterocycles. The normalized spacial score (nSPS) is 13.3. The van der Waals surface area contributed by atoms with Crippen LogP contribution in [0.5, 0.6) is 0 Å². The second kappa shape index (κ2) is 9.79. The molecular weight excluding hydrogens is 470 g/mol. The Balaban J connectivity index is 1.31. The van der Waals surface area contributed by atoms with Crippen molar-refractivity contribution >= 4 is 23.2 Å². The number of carbonyl (C=O) groups is 2. The van der Waals surface area contributed by atoms with Crippen LogP contribution in [0.25, 0.3) is 11.1 Å². The van der Waals surface area contributed by atoms with Crippen LogP contribution in [-0.4, -0.2) is 27.9 Å². The number of thiophene rings is 1. The molecule has 5 rings (SSSR count). The number of nitrogens with zero attached hydrogens (tertiary/aromatic N) is 2. The third-order valence-corrected chi connectivity index (χ3v) is 6.87. The summed E-state index contributed by atoms with van der Waals surface area (Å²) in [5, 5.41) is 7.43. The SMILES string of the molecule is O=C(NCC(NC(=O)c1cc(-c2ccc(F)cc2)cs1)c1ccccc1F)c1cn2c(n1)CCC2. The smallest absolute Gasteiger partial charge is 0.271 e.